The van der Waals surface area contributed by atoms with E-state index in [0.717, 1.165) is 17.8 Å². The predicted octanol–water partition coefficient (Wildman–Crippen LogP) is 0.718. The minimum Gasteiger partial charge on any atom is -0.481 e. The van der Waals surface area contributed by atoms with Gasteiger partial charge in [-0.3, -0.25) is 4.79 Å². The van der Waals surface area contributed by atoms with Gasteiger partial charge in [-0.1, -0.05) is 0 Å². The second-order valence-electron chi connectivity index (χ2n) is 3.37. The number of carboxylic acids is 1. The number of hydrogen-bond acceptors (Lipinski definition) is 4. The van der Waals surface area contributed by atoms with Crippen LogP contribution in [0.1, 0.15) is 23.5 Å². The molecule has 0 bridgehead atoms. The summed E-state index contributed by atoms with van der Waals surface area (Å²) in [5, 5.41) is 11.2. The summed E-state index contributed by atoms with van der Waals surface area (Å²) in [6, 6.07) is 0. The van der Waals surface area contributed by atoms with Crippen LogP contribution in [0.15, 0.2) is 5.38 Å². The largest absolute Gasteiger partial charge is 0.481 e. The van der Waals surface area contributed by atoms with E-state index in [2.05, 4.69) is 4.98 Å². The van der Waals surface area contributed by atoms with Crippen LogP contribution in [0.5, 0.6) is 0 Å². The summed E-state index contributed by atoms with van der Waals surface area (Å²) in [6.45, 7) is 0. The van der Waals surface area contributed by atoms with Gasteiger partial charge in [-0.25, -0.2) is 4.98 Å². The van der Waals surface area contributed by atoms with Crippen molar-refractivity contribution in [3.05, 3.63) is 16.1 Å². The van der Waals surface area contributed by atoms with Crippen molar-refractivity contribution < 1.29 is 9.90 Å². The van der Waals surface area contributed by atoms with Crippen molar-refractivity contribution in [2.24, 2.45) is 5.73 Å². The van der Waals surface area contributed by atoms with Crippen molar-refractivity contribution in [2.45, 2.75) is 24.8 Å². The fourth-order valence-electron chi connectivity index (χ4n) is 1.12. The molecule has 1 aliphatic carbocycles. The van der Waals surface area contributed by atoms with Gasteiger partial charge >= 0.3 is 5.97 Å². The molecule has 0 amide bonds. The Balaban J connectivity index is 2.14. The zero-order valence-electron chi connectivity index (χ0n) is 6.99. The molecule has 0 aliphatic heterocycles. The molecular weight excluding hydrogens is 188 g/mol. The van der Waals surface area contributed by atoms with E-state index in [1.54, 1.807) is 5.38 Å². The van der Waals surface area contributed by atoms with Crippen LogP contribution in [0.2, 0.25) is 0 Å². The molecule has 2 rings (SSSR count). The molecule has 1 fully saturated rings. The van der Waals surface area contributed by atoms with Crippen LogP contribution >= 0.6 is 11.3 Å². The zero-order chi connectivity index (χ0) is 9.47. The van der Waals surface area contributed by atoms with Gasteiger partial charge in [0.15, 0.2) is 0 Å². The topological polar surface area (TPSA) is 76.2 Å². The second kappa shape index (κ2) is 2.78. The van der Waals surface area contributed by atoms with Crippen LogP contribution in [0.4, 0.5) is 0 Å². The van der Waals surface area contributed by atoms with Gasteiger partial charge in [-0.05, 0) is 12.8 Å². The van der Waals surface area contributed by atoms with Gasteiger partial charge in [0, 0.05) is 5.38 Å². The standard InChI is InChI=1S/C8H10N2O2S/c9-8(1-2-8)7-10-5(4-13-7)3-6(11)12/h4H,1-3,9H2,(H,11,12). The molecule has 3 N–H and O–H groups in total. The van der Waals surface area contributed by atoms with E-state index in [1.165, 1.54) is 11.3 Å². The van der Waals surface area contributed by atoms with E-state index in [1.807, 2.05) is 0 Å². The van der Waals surface area contributed by atoms with Crippen molar-refractivity contribution in [1.29, 1.82) is 0 Å². The minimum absolute atomic E-state index is 0.00736. The first-order valence-electron chi connectivity index (χ1n) is 4.06. The number of nitrogens with two attached hydrogens (primary N) is 1. The summed E-state index contributed by atoms with van der Waals surface area (Å²) < 4.78 is 0. The maximum atomic E-state index is 10.4. The SMILES string of the molecule is NC1(c2nc(CC(=O)O)cs2)CC1. The number of rotatable bonds is 3. The first-order valence-corrected chi connectivity index (χ1v) is 4.94. The zero-order valence-corrected chi connectivity index (χ0v) is 7.80. The molecule has 0 radical (unpaired) electrons. The molecule has 1 saturated carbocycles. The lowest BCUT2D eigenvalue weighted by atomic mass is 10.3. The third kappa shape index (κ3) is 1.71. The third-order valence-corrected chi connectivity index (χ3v) is 3.21. The maximum Gasteiger partial charge on any atom is 0.309 e. The highest BCUT2D eigenvalue weighted by Gasteiger charge is 2.42. The van der Waals surface area contributed by atoms with Gasteiger partial charge in [-0.15, -0.1) is 11.3 Å². The number of aromatic nitrogens is 1. The second-order valence-corrected chi connectivity index (χ2v) is 4.23. The van der Waals surface area contributed by atoms with Crippen molar-refractivity contribution in [1.82, 2.24) is 4.98 Å². The molecule has 0 aromatic carbocycles. The van der Waals surface area contributed by atoms with E-state index in [0.29, 0.717) is 5.69 Å². The molecule has 1 aromatic heterocycles. The molecule has 0 spiro atoms. The number of hydrogen-bond donors (Lipinski definition) is 2. The lowest BCUT2D eigenvalue weighted by Crippen LogP contribution is -2.18. The molecule has 70 valence electrons. The van der Waals surface area contributed by atoms with Crippen LogP contribution < -0.4 is 5.73 Å². The summed E-state index contributed by atoms with van der Waals surface area (Å²) in [7, 11) is 0. The molecular formula is C8H10N2O2S. The lowest BCUT2D eigenvalue weighted by Gasteiger charge is -2.00. The maximum absolute atomic E-state index is 10.4. The van der Waals surface area contributed by atoms with Gasteiger partial charge in [0.05, 0.1) is 17.7 Å². The first kappa shape index (κ1) is 8.65. The van der Waals surface area contributed by atoms with E-state index < -0.39 is 5.97 Å². The Kier molecular flexibility index (Phi) is 1.85. The van der Waals surface area contributed by atoms with E-state index in [-0.39, 0.29) is 12.0 Å². The van der Waals surface area contributed by atoms with Gasteiger partial charge < -0.3 is 10.8 Å². The Morgan fingerprint density at radius 1 is 1.77 bits per heavy atom. The highest BCUT2D eigenvalue weighted by atomic mass is 32.1. The highest BCUT2D eigenvalue weighted by molar-refractivity contribution is 7.09. The Bertz CT molecular complexity index is 344. The quantitative estimate of drug-likeness (QED) is 0.750. The smallest absolute Gasteiger partial charge is 0.309 e. The molecule has 13 heavy (non-hydrogen) atoms. The van der Waals surface area contributed by atoms with Gasteiger partial charge in [0.1, 0.15) is 5.01 Å². The third-order valence-electron chi connectivity index (χ3n) is 2.10. The lowest BCUT2D eigenvalue weighted by molar-refractivity contribution is -0.136. The highest BCUT2D eigenvalue weighted by Crippen LogP contribution is 2.43. The summed E-state index contributed by atoms with van der Waals surface area (Å²) in [5.41, 5.74) is 6.29. The molecule has 1 aliphatic rings. The van der Waals surface area contributed by atoms with E-state index >= 15 is 0 Å². The van der Waals surface area contributed by atoms with Crippen molar-refractivity contribution in [2.75, 3.05) is 0 Å². The minimum atomic E-state index is -0.848. The molecule has 5 heteroatoms. The first-order chi connectivity index (χ1) is 6.10. The molecule has 0 unspecified atom stereocenters. The number of aliphatic carboxylic acids is 1. The van der Waals surface area contributed by atoms with Crippen LogP contribution in [-0.2, 0) is 16.8 Å². The Labute approximate surface area is 79.4 Å². The van der Waals surface area contributed by atoms with Gasteiger partial charge in [-0.2, -0.15) is 0 Å². The van der Waals surface area contributed by atoms with Crippen molar-refractivity contribution in [3.8, 4) is 0 Å². The molecule has 1 aromatic rings. The number of carboxylic acid groups (broad SMARTS) is 1. The number of carbonyl (C=O) groups is 1. The average Bonchev–Trinajstić information content (AvgIpc) is 2.62. The van der Waals surface area contributed by atoms with Crippen LogP contribution in [0.25, 0.3) is 0 Å². The van der Waals surface area contributed by atoms with Crippen LogP contribution in [0, 0.1) is 0 Å². The fourth-order valence-corrected chi connectivity index (χ4v) is 2.11. The average molecular weight is 198 g/mol. The molecule has 0 atom stereocenters. The molecule has 0 saturated heterocycles. The number of nitrogens with zero attached hydrogens (tertiary/aromatic N) is 1. The number of thiazole rings is 1. The summed E-state index contributed by atoms with van der Waals surface area (Å²) in [5.74, 6) is -0.848. The van der Waals surface area contributed by atoms with Gasteiger partial charge in [0.2, 0.25) is 0 Å². The van der Waals surface area contributed by atoms with E-state index in [9.17, 15) is 4.79 Å². The van der Waals surface area contributed by atoms with E-state index in [4.69, 9.17) is 10.8 Å². The summed E-state index contributed by atoms with van der Waals surface area (Å²) in [4.78, 5) is 14.6. The Morgan fingerprint density at radius 2 is 2.46 bits per heavy atom. The molecule has 1 heterocycles. The Morgan fingerprint density at radius 3 is 3.00 bits per heavy atom. The summed E-state index contributed by atoms with van der Waals surface area (Å²) in [6.07, 6.45) is 1.92. The normalized spacial score (nSPS) is 18.5. The monoisotopic (exact) mass is 198 g/mol. The predicted molar refractivity (Wildman–Crippen MR) is 48.6 cm³/mol. The van der Waals surface area contributed by atoms with Gasteiger partial charge in [0.25, 0.3) is 0 Å². The van der Waals surface area contributed by atoms with Crippen molar-refractivity contribution >= 4 is 17.3 Å². The van der Waals surface area contributed by atoms with Crippen LogP contribution in [-0.4, -0.2) is 16.1 Å². The molecule has 4 nitrogen and oxygen atoms in total. The van der Waals surface area contributed by atoms with Crippen molar-refractivity contribution in [3.63, 3.8) is 0 Å². The fraction of sp³-hybridized carbons (Fsp3) is 0.500. The van der Waals surface area contributed by atoms with Crippen LogP contribution in [0.3, 0.4) is 0 Å². The summed E-state index contributed by atoms with van der Waals surface area (Å²) >= 11 is 1.46. The Hall–Kier alpha value is -0.940.